The van der Waals surface area contributed by atoms with Crippen molar-refractivity contribution in [1.29, 1.82) is 5.26 Å². The summed E-state index contributed by atoms with van der Waals surface area (Å²) in [5, 5.41) is 17.4. The standard InChI is InChI=1S/C22H22N4O2S/c1-14-7-8-19(15(2)11-14)28-13-26-10-9-18(25-26)21(27)24-22-17(12-23)16-5-3-4-6-20(16)29-22/h7-11H,3-6,13H2,1-2H3,(H,24,27). The van der Waals surface area contributed by atoms with Crippen molar-refractivity contribution in [1.82, 2.24) is 9.78 Å². The fourth-order valence-corrected chi connectivity index (χ4v) is 4.83. The number of thiophene rings is 1. The summed E-state index contributed by atoms with van der Waals surface area (Å²) < 4.78 is 7.39. The van der Waals surface area contributed by atoms with E-state index >= 15 is 0 Å². The van der Waals surface area contributed by atoms with E-state index in [2.05, 4.69) is 22.6 Å². The van der Waals surface area contributed by atoms with Gasteiger partial charge in [-0.05, 0) is 62.8 Å². The first-order valence-electron chi connectivity index (χ1n) is 9.64. The molecule has 148 valence electrons. The highest BCUT2D eigenvalue weighted by Gasteiger charge is 2.22. The Kier molecular flexibility index (Phi) is 5.36. The van der Waals surface area contributed by atoms with Crippen molar-refractivity contribution in [3.05, 3.63) is 63.3 Å². The molecule has 0 aliphatic heterocycles. The van der Waals surface area contributed by atoms with Crippen molar-refractivity contribution in [2.24, 2.45) is 0 Å². The zero-order chi connectivity index (χ0) is 20.4. The summed E-state index contributed by atoms with van der Waals surface area (Å²) in [6, 6.07) is 9.91. The largest absolute Gasteiger partial charge is 0.471 e. The lowest BCUT2D eigenvalue weighted by atomic mass is 9.96. The molecule has 0 spiro atoms. The molecule has 3 aromatic rings. The quantitative estimate of drug-likeness (QED) is 0.671. The summed E-state index contributed by atoms with van der Waals surface area (Å²) in [4.78, 5) is 13.9. The van der Waals surface area contributed by atoms with Crippen molar-refractivity contribution in [3.8, 4) is 11.8 Å². The molecule has 1 aliphatic rings. The molecule has 0 saturated carbocycles. The minimum atomic E-state index is -0.314. The van der Waals surface area contributed by atoms with Crippen LogP contribution in [-0.4, -0.2) is 15.7 Å². The van der Waals surface area contributed by atoms with E-state index in [1.165, 1.54) is 21.8 Å². The highest BCUT2D eigenvalue weighted by atomic mass is 32.1. The number of aryl methyl sites for hydroxylation is 3. The Morgan fingerprint density at radius 2 is 2.14 bits per heavy atom. The maximum Gasteiger partial charge on any atom is 0.276 e. The molecule has 4 rings (SSSR count). The maximum atomic E-state index is 12.6. The second-order valence-corrected chi connectivity index (χ2v) is 8.37. The number of ether oxygens (including phenoxy) is 1. The highest BCUT2D eigenvalue weighted by Crippen LogP contribution is 2.37. The Hall–Kier alpha value is -3.11. The van der Waals surface area contributed by atoms with Crippen LogP contribution >= 0.6 is 11.3 Å². The number of nitrogens with one attached hydrogen (secondary N) is 1. The van der Waals surface area contributed by atoms with Gasteiger partial charge in [-0.15, -0.1) is 11.3 Å². The molecule has 0 saturated heterocycles. The monoisotopic (exact) mass is 406 g/mol. The summed E-state index contributed by atoms with van der Waals surface area (Å²) in [5.41, 5.74) is 4.24. The molecule has 2 heterocycles. The molecule has 0 bridgehead atoms. The van der Waals surface area contributed by atoms with Gasteiger partial charge < -0.3 is 10.1 Å². The van der Waals surface area contributed by atoms with E-state index < -0.39 is 0 Å². The SMILES string of the molecule is Cc1ccc(OCn2ccc(C(=O)Nc3sc4c(c3C#N)CCCC4)n2)c(C)c1. The van der Waals surface area contributed by atoms with Gasteiger partial charge in [-0.1, -0.05) is 17.7 Å². The molecule has 1 aromatic carbocycles. The van der Waals surface area contributed by atoms with Crippen LogP contribution in [0.2, 0.25) is 0 Å². The summed E-state index contributed by atoms with van der Waals surface area (Å²) in [6.07, 6.45) is 5.83. The molecular formula is C22H22N4O2S. The topological polar surface area (TPSA) is 79.9 Å². The average Bonchev–Trinajstić information content (AvgIpc) is 3.31. The third-order valence-corrected chi connectivity index (χ3v) is 6.27. The van der Waals surface area contributed by atoms with Crippen molar-refractivity contribution in [3.63, 3.8) is 0 Å². The Balaban J connectivity index is 1.44. The molecule has 1 amide bonds. The zero-order valence-electron chi connectivity index (χ0n) is 16.5. The fourth-order valence-electron chi connectivity index (χ4n) is 3.59. The second kappa shape index (κ2) is 8.10. The summed E-state index contributed by atoms with van der Waals surface area (Å²) in [5.74, 6) is 0.477. The van der Waals surface area contributed by atoms with Crippen LogP contribution in [-0.2, 0) is 19.6 Å². The van der Waals surface area contributed by atoms with E-state index in [0.717, 1.165) is 42.6 Å². The summed E-state index contributed by atoms with van der Waals surface area (Å²) in [6.45, 7) is 4.25. The van der Waals surface area contributed by atoms with Gasteiger partial charge in [-0.25, -0.2) is 4.68 Å². The van der Waals surface area contributed by atoms with Crippen LogP contribution in [0.4, 0.5) is 5.00 Å². The number of anilines is 1. The smallest absolute Gasteiger partial charge is 0.276 e. The van der Waals surface area contributed by atoms with Gasteiger partial charge in [0.2, 0.25) is 0 Å². The predicted molar refractivity (Wildman–Crippen MR) is 112 cm³/mol. The van der Waals surface area contributed by atoms with Gasteiger partial charge in [0.15, 0.2) is 12.4 Å². The van der Waals surface area contributed by atoms with Crippen molar-refractivity contribution >= 4 is 22.2 Å². The number of carbonyl (C=O) groups excluding carboxylic acids is 1. The van der Waals surface area contributed by atoms with Crippen LogP contribution in [0.1, 0.15) is 50.5 Å². The zero-order valence-corrected chi connectivity index (χ0v) is 17.3. The maximum absolute atomic E-state index is 12.6. The van der Waals surface area contributed by atoms with Crippen molar-refractivity contribution in [2.75, 3.05) is 5.32 Å². The first-order chi connectivity index (χ1) is 14.0. The molecule has 7 heteroatoms. The van der Waals surface area contributed by atoms with E-state index in [1.807, 2.05) is 26.0 Å². The molecule has 2 aromatic heterocycles. The van der Waals surface area contributed by atoms with E-state index in [4.69, 9.17) is 4.74 Å². The molecule has 29 heavy (non-hydrogen) atoms. The van der Waals surface area contributed by atoms with Crippen LogP contribution in [0.25, 0.3) is 0 Å². The summed E-state index contributed by atoms with van der Waals surface area (Å²) >= 11 is 1.51. The number of carbonyl (C=O) groups is 1. The van der Waals surface area contributed by atoms with Gasteiger partial charge in [0.05, 0.1) is 5.56 Å². The van der Waals surface area contributed by atoms with Crippen LogP contribution < -0.4 is 10.1 Å². The van der Waals surface area contributed by atoms with E-state index in [9.17, 15) is 10.1 Å². The minimum absolute atomic E-state index is 0.216. The van der Waals surface area contributed by atoms with Gasteiger partial charge >= 0.3 is 0 Å². The number of hydrogen-bond acceptors (Lipinski definition) is 5. The summed E-state index contributed by atoms with van der Waals surface area (Å²) in [7, 11) is 0. The number of nitrogens with zero attached hydrogens (tertiary/aromatic N) is 3. The Labute approximate surface area is 173 Å². The molecule has 0 fully saturated rings. The number of rotatable bonds is 5. The van der Waals surface area contributed by atoms with Gasteiger partial charge in [0.1, 0.15) is 16.8 Å². The van der Waals surface area contributed by atoms with Crippen molar-refractivity contribution < 1.29 is 9.53 Å². The Morgan fingerprint density at radius 3 is 2.93 bits per heavy atom. The molecule has 1 aliphatic carbocycles. The lowest BCUT2D eigenvalue weighted by Crippen LogP contribution is -2.14. The molecular weight excluding hydrogens is 384 g/mol. The third-order valence-electron chi connectivity index (χ3n) is 5.07. The number of nitriles is 1. The van der Waals surface area contributed by atoms with Crippen LogP contribution in [0.5, 0.6) is 5.75 Å². The molecule has 1 N–H and O–H groups in total. The van der Waals surface area contributed by atoms with Gasteiger partial charge in [-0.3, -0.25) is 4.79 Å². The number of fused-ring (bicyclic) bond motifs is 1. The lowest BCUT2D eigenvalue weighted by Gasteiger charge is -2.09. The minimum Gasteiger partial charge on any atom is -0.471 e. The van der Waals surface area contributed by atoms with Crippen LogP contribution in [0, 0.1) is 25.2 Å². The second-order valence-electron chi connectivity index (χ2n) is 7.26. The van der Waals surface area contributed by atoms with Gasteiger partial charge in [0.25, 0.3) is 5.91 Å². The van der Waals surface area contributed by atoms with E-state index in [0.29, 0.717) is 16.3 Å². The molecule has 0 atom stereocenters. The molecule has 0 unspecified atom stereocenters. The number of benzene rings is 1. The van der Waals surface area contributed by atoms with Gasteiger partial charge in [0, 0.05) is 11.1 Å². The average molecular weight is 407 g/mol. The number of aromatic nitrogens is 2. The van der Waals surface area contributed by atoms with Gasteiger partial charge in [-0.2, -0.15) is 10.4 Å². The predicted octanol–water partition coefficient (Wildman–Crippen LogP) is 4.60. The van der Waals surface area contributed by atoms with Crippen molar-refractivity contribution in [2.45, 2.75) is 46.3 Å². The fraction of sp³-hybridized carbons (Fsp3) is 0.318. The molecule has 0 radical (unpaired) electrons. The first kappa shape index (κ1) is 19.2. The lowest BCUT2D eigenvalue weighted by molar-refractivity contribution is 0.102. The Bertz CT molecular complexity index is 1110. The Morgan fingerprint density at radius 1 is 1.31 bits per heavy atom. The third kappa shape index (κ3) is 4.03. The first-order valence-corrected chi connectivity index (χ1v) is 10.5. The highest BCUT2D eigenvalue weighted by molar-refractivity contribution is 7.16. The van der Waals surface area contributed by atoms with E-state index in [1.54, 1.807) is 16.9 Å². The van der Waals surface area contributed by atoms with Crippen LogP contribution in [0.15, 0.2) is 30.5 Å². The van der Waals surface area contributed by atoms with E-state index in [-0.39, 0.29) is 12.6 Å². The number of hydrogen-bond donors (Lipinski definition) is 1. The molecule has 6 nitrogen and oxygen atoms in total. The normalized spacial score (nSPS) is 12.9. The number of amides is 1. The van der Waals surface area contributed by atoms with Crippen LogP contribution in [0.3, 0.4) is 0 Å².